The molecule has 0 aliphatic carbocycles. The van der Waals surface area contributed by atoms with Gasteiger partial charge in [-0.3, -0.25) is 14.7 Å². The number of likely N-dealkylation sites (N-methyl/N-ethyl adjacent to an activating group) is 1. The highest BCUT2D eigenvalue weighted by molar-refractivity contribution is 7.10. The molecule has 3 aromatic rings. The van der Waals surface area contributed by atoms with Gasteiger partial charge in [-0.05, 0) is 65.4 Å². The Hall–Kier alpha value is -3.25. The summed E-state index contributed by atoms with van der Waals surface area (Å²) in [5.41, 5.74) is 10.5. The number of thiophene rings is 1. The van der Waals surface area contributed by atoms with Crippen molar-refractivity contribution in [2.45, 2.75) is 38.1 Å². The standard InChI is InChI=1S/C26H28N4OS/c1-16(2)17-9-11-18(12-10-17)23-24(31)30(5)25(27)29-26(23,3)22-14-20(15-32-22)19-7-6-8-21(13-19)28-4/h6-16,23H,4H2,1-3,5H3,(H2,27,29)/t23-,26+/m0/s1. The Kier molecular flexibility index (Phi) is 5.73. The second-order valence-corrected chi connectivity index (χ2v) is 9.59. The maximum absolute atomic E-state index is 13.5. The minimum atomic E-state index is -0.801. The Morgan fingerprint density at radius 3 is 2.53 bits per heavy atom. The second kappa shape index (κ2) is 8.36. The first kappa shape index (κ1) is 22.0. The predicted octanol–water partition coefficient (Wildman–Crippen LogP) is 5.66. The summed E-state index contributed by atoms with van der Waals surface area (Å²) in [5.74, 6) is 0.147. The van der Waals surface area contributed by atoms with Gasteiger partial charge in [0.15, 0.2) is 5.96 Å². The zero-order chi connectivity index (χ0) is 23.0. The number of hydrogen-bond donors (Lipinski definition) is 1. The SMILES string of the molecule is C=Nc1cccc(-c2csc([C@@]3(C)N=C(N)N(C)C(=O)[C@@H]3c3ccc(C(C)C)cc3)c2)c1. The van der Waals surface area contributed by atoms with Crippen LogP contribution in [0.2, 0.25) is 0 Å². The van der Waals surface area contributed by atoms with E-state index < -0.39 is 11.5 Å². The lowest BCUT2D eigenvalue weighted by Crippen LogP contribution is -2.52. The van der Waals surface area contributed by atoms with Crippen molar-refractivity contribution in [3.05, 3.63) is 76.0 Å². The number of benzene rings is 2. The highest BCUT2D eigenvalue weighted by Crippen LogP contribution is 2.47. The number of guanidine groups is 1. The van der Waals surface area contributed by atoms with E-state index in [4.69, 9.17) is 10.7 Å². The summed E-state index contributed by atoms with van der Waals surface area (Å²) in [6, 6.07) is 18.3. The summed E-state index contributed by atoms with van der Waals surface area (Å²) in [4.78, 5) is 24.8. The van der Waals surface area contributed by atoms with Crippen LogP contribution < -0.4 is 5.73 Å². The van der Waals surface area contributed by atoms with E-state index in [2.05, 4.69) is 61.3 Å². The van der Waals surface area contributed by atoms with E-state index in [0.29, 0.717) is 5.92 Å². The first-order valence-corrected chi connectivity index (χ1v) is 11.5. The number of hydrogen-bond acceptors (Lipinski definition) is 5. The van der Waals surface area contributed by atoms with Gasteiger partial charge in [-0.25, -0.2) is 4.99 Å². The van der Waals surface area contributed by atoms with Crippen LogP contribution in [0.4, 0.5) is 5.69 Å². The first-order chi connectivity index (χ1) is 15.2. The molecule has 0 saturated carbocycles. The number of nitrogens with two attached hydrogens (primary N) is 1. The van der Waals surface area contributed by atoms with Crippen molar-refractivity contribution in [1.82, 2.24) is 4.90 Å². The lowest BCUT2D eigenvalue weighted by atomic mass is 9.77. The normalized spacial score (nSPS) is 21.0. The molecular weight excluding hydrogens is 416 g/mol. The van der Waals surface area contributed by atoms with Crippen molar-refractivity contribution >= 4 is 35.6 Å². The van der Waals surface area contributed by atoms with E-state index in [-0.39, 0.29) is 11.9 Å². The van der Waals surface area contributed by atoms with Crippen molar-refractivity contribution in [2.24, 2.45) is 15.7 Å². The predicted molar refractivity (Wildman–Crippen MR) is 134 cm³/mol. The molecule has 0 bridgehead atoms. The molecule has 2 N–H and O–H groups in total. The van der Waals surface area contributed by atoms with Crippen LogP contribution in [0.5, 0.6) is 0 Å². The number of amides is 1. The van der Waals surface area contributed by atoms with Crippen LogP contribution in [0.1, 0.15) is 48.6 Å². The molecule has 5 nitrogen and oxygen atoms in total. The fourth-order valence-corrected chi connectivity index (χ4v) is 5.25. The highest BCUT2D eigenvalue weighted by atomic mass is 32.1. The fraction of sp³-hybridized carbons (Fsp3) is 0.269. The quantitative estimate of drug-likeness (QED) is 0.516. The molecule has 32 heavy (non-hydrogen) atoms. The lowest BCUT2D eigenvalue weighted by Gasteiger charge is -2.40. The molecule has 1 aliphatic heterocycles. The zero-order valence-electron chi connectivity index (χ0n) is 18.9. The monoisotopic (exact) mass is 444 g/mol. The summed E-state index contributed by atoms with van der Waals surface area (Å²) >= 11 is 1.60. The molecule has 4 rings (SSSR count). The van der Waals surface area contributed by atoms with Crippen LogP contribution in [-0.2, 0) is 10.3 Å². The summed E-state index contributed by atoms with van der Waals surface area (Å²) < 4.78 is 0. The van der Waals surface area contributed by atoms with Gasteiger partial charge in [-0.2, -0.15) is 0 Å². The van der Waals surface area contributed by atoms with Crippen LogP contribution in [0, 0.1) is 0 Å². The Balaban J connectivity index is 1.81. The molecule has 164 valence electrons. The Morgan fingerprint density at radius 1 is 1.16 bits per heavy atom. The van der Waals surface area contributed by atoms with Gasteiger partial charge in [0, 0.05) is 11.9 Å². The van der Waals surface area contributed by atoms with Gasteiger partial charge in [-0.15, -0.1) is 11.3 Å². The van der Waals surface area contributed by atoms with Crippen molar-refractivity contribution < 1.29 is 4.79 Å². The van der Waals surface area contributed by atoms with Crippen molar-refractivity contribution in [3.8, 4) is 11.1 Å². The Labute approximate surface area is 193 Å². The summed E-state index contributed by atoms with van der Waals surface area (Å²) in [5, 5.41) is 2.09. The second-order valence-electron chi connectivity index (χ2n) is 8.68. The summed E-state index contributed by atoms with van der Waals surface area (Å²) in [6.45, 7) is 9.94. The van der Waals surface area contributed by atoms with Crippen LogP contribution in [0.15, 0.2) is 70.0 Å². The smallest absolute Gasteiger partial charge is 0.239 e. The van der Waals surface area contributed by atoms with Gasteiger partial charge >= 0.3 is 0 Å². The molecule has 1 amide bonds. The van der Waals surface area contributed by atoms with E-state index in [1.54, 1.807) is 18.4 Å². The molecule has 0 unspecified atom stereocenters. The molecule has 6 heteroatoms. The maximum atomic E-state index is 13.5. The fourth-order valence-electron chi connectivity index (χ4n) is 4.20. The number of rotatable bonds is 5. The van der Waals surface area contributed by atoms with E-state index in [0.717, 1.165) is 27.3 Å². The number of carbonyl (C=O) groups excluding carboxylic acids is 1. The van der Waals surface area contributed by atoms with E-state index >= 15 is 0 Å². The molecule has 1 aliphatic rings. The molecule has 1 aromatic heterocycles. The third-order valence-corrected chi connectivity index (χ3v) is 7.38. The minimum Gasteiger partial charge on any atom is -0.369 e. The van der Waals surface area contributed by atoms with Gasteiger partial charge in [0.05, 0.1) is 11.6 Å². The van der Waals surface area contributed by atoms with Crippen LogP contribution >= 0.6 is 11.3 Å². The molecule has 0 saturated heterocycles. The highest BCUT2D eigenvalue weighted by Gasteiger charge is 2.48. The topological polar surface area (TPSA) is 71.0 Å². The van der Waals surface area contributed by atoms with Crippen LogP contribution in [-0.4, -0.2) is 30.5 Å². The van der Waals surface area contributed by atoms with Crippen LogP contribution in [0.25, 0.3) is 11.1 Å². The molecule has 2 aromatic carbocycles. The van der Waals surface area contributed by atoms with Gasteiger partial charge < -0.3 is 5.73 Å². The third-order valence-electron chi connectivity index (χ3n) is 6.23. The molecule has 2 heterocycles. The maximum Gasteiger partial charge on any atom is 0.239 e. The molecule has 0 fully saturated rings. The van der Waals surface area contributed by atoms with Crippen LogP contribution in [0.3, 0.4) is 0 Å². The van der Waals surface area contributed by atoms with Gasteiger partial charge in [0.2, 0.25) is 5.91 Å². The summed E-state index contributed by atoms with van der Waals surface area (Å²) in [7, 11) is 1.68. The Bertz CT molecular complexity index is 1190. The minimum absolute atomic E-state index is 0.0508. The first-order valence-electron chi connectivity index (χ1n) is 10.6. The molecular formula is C26H28N4OS. The number of carbonyl (C=O) groups is 1. The molecule has 2 atom stereocenters. The molecule has 0 radical (unpaired) electrons. The number of nitrogens with zero attached hydrogens (tertiary/aromatic N) is 3. The number of aliphatic imine (C=N–C) groups is 2. The van der Waals surface area contributed by atoms with Crippen molar-refractivity contribution in [2.75, 3.05) is 7.05 Å². The van der Waals surface area contributed by atoms with Gasteiger partial charge in [0.25, 0.3) is 0 Å². The van der Waals surface area contributed by atoms with Crippen molar-refractivity contribution in [1.29, 1.82) is 0 Å². The zero-order valence-corrected chi connectivity index (χ0v) is 19.7. The average molecular weight is 445 g/mol. The van der Waals surface area contributed by atoms with Crippen molar-refractivity contribution in [3.63, 3.8) is 0 Å². The van der Waals surface area contributed by atoms with Gasteiger partial charge in [-0.1, -0.05) is 50.2 Å². The third kappa shape index (κ3) is 3.75. The summed E-state index contributed by atoms with van der Waals surface area (Å²) in [6.07, 6.45) is 0. The van der Waals surface area contributed by atoms with E-state index in [1.807, 2.05) is 31.2 Å². The van der Waals surface area contributed by atoms with E-state index in [9.17, 15) is 4.79 Å². The molecule has 0 spiro atoms. The van der Waals surface area contributed by atoms with Gasteiger partial charge in [0.1, 0.15) is 5.54 Å². The van der Waals surface area contributed by atoms with E-state index in [1.165, 1.54) is 10.5 Å². The average Bonchev–Trinajstić information content (AvgIpc) is 3.29. The lowest BCUT2D eigenvalue weighted by molar-refractivity contribution is -0.130. The Morgan fingerprint density at radius 2 is 1.88 bits per heavy atom. The largest absolute Gasteiger partial charge is 0.369 e.